The van der Waals surface area contributed by atoms with Gasteiger partial charge in [-0.1, -0.05) is 12.8 Å². The van der Waals surface area contributed by atoms with Gasteiger partial charge in [0.05, 0.1) is 12.4 Å². The summed E-state index contributed by atoms with van der Waals surface area (Å²) in [6.07, 6.45) is 4.62. The van der Waals surface area contributed by atoms with Gasteiger partial charge in [-0.3, -0.25) is 13.8 Å². The van der Waals surface area contributed by atoms with Crippen LogP contribution in [0.25, 0.3) is 0 Å². The molecule has 0 saturated heterocycles. The third-order valence-electron chi connectivity index (χ3n) is 3.67. The van der Waals surface area contributed by atoms with Gasteiger partial charge in [0.25, 0.3) is 0 Å². The van der Waals surface area contributed by atoms with E-state index in [9.17, 15) is 13.8 Å². The van der Waals surface area contributed by atoms with Crippen molar-refractivity contribution in [3.05, 3.63) is 0 Å². The van der Waals surface area contributed by atoms with Gasteiger partial charge in [0.2, 0.25) is 0 Å². The van der Waals surface area contributed by atoms with Gasteiger partial charge in [-0.25, -0.2) is 0 Å². The molecule has 0 spiro atoms. The van der Waals surface area contributed by atoms with Crippen molar-refractivity contribution in [2.45, 2.75) is 46.5 Å². The number of hydrogen-bond acceptors (Lipinski definition) is 4. The molecule has 4 nitrogen and oxygen atoms in total. The number of esters is 1. The molecule has 0 radical (unpaired) electrons. The smallest absolute Gasteiger partial charge is 0.319 e. The topological polar surface area (TPSA) is 60.4 Å². The fourth-order valence-corrected chi connectivity index (χ4v) is 3.88. The van der Waals surface area contributed by atoms with Crippen LogP contribution in [0.5, 0.6) is 0 Å². The van der Waals surface area contributed by atoms with E-state index in [1.807, 2.05) is 0 Å². The minimum atomic E-state index is -1.19. The quantitative estimate of drug-likeness (QED) is 0.531. The Morgan fingerprint density at radius 1 is 1.26 bits per heavy atom. The highest BCUT2D eigenvalue weighted by Gasteiger charge is 2.38. The first-order chi connectivity index (χ1) is 8.87. The first-order valence-electron chi connectivity index (χ1n) is 6.93. The van der Waals surface area contributed by atoms with Gasteiger partial charge in [0.15, 0.2) is 5.78 Å². The molecule has 1 aliphatic carbocycles. The first kappa shape index (κ1) is 16.3. The average Bonchev–Trinajstić information content (AvgIpc) is 2.81. The summed E-state index contributed by atoms with van der Waals surface area (Å²) in [5.41, 5.74) is -1.19. The predicted molar refractivity (Wildman–Crippen MR) is 75.3 cm³/mol. The van der Waals surface area contributed by atoms with Gasteiger partial charge in [-0.2, -0.15) is 0 Å². The van der Waals surface area contributed by atoms with E-state index in [1.54, 1.807) is 20.8 Å². The summed E-state index contributed by atoms with van der Waals surface area (Å²) in [4.78, 5) is 23.8. The molecule has 0 aromatic heterocycles. The van der Waals surface area contributed by atoms with Crippen LogP contribution in [0.15, 0.2) is 0 Å². The molecule has 0 aromatic carbocycles. The van der Waals surface area contributed by atoms with Crippen molar-refractivity contribution in [1.82, 2.24) is 0 Å². The summed E-state index contributed by atoms with van der Waals surface area (Å²) in [7, 11) is -1.16. The van der Waals surface area contributed by atoms with E-state index in [-0.39, 0.29) is 18.1 Å². The number of hydrogen-bond donors (Lipinski definition) is 0. The first-order valence-corrected chi connectivity index (χ1v) is 8.42. The molecule has 0 bridgehead atoms. The van der Waals surface area contributed by atoms with Gasteiger partial charge >= 0.3 is 5.97 Å². The van der Waals surface area contributed by atoms with Crippen molar-refractivity contribution < 1.29 is 18.5 Å². The molecule has 1 rings (SSSR count). The molecule has 5 heteroatoms. The number of carbonyl (C=O) groups excluding carboxylic acids is 2. The molecule has 1 saturated carbocycles. The maximum Gasteiger partial charge on any atom is 0.319 e. The Hall–Kier alpha value is -0.710. The molecule has 110 valence electrons. The van der Waals surface area contributed by atoms with E-state index in [2.05, 4.69) is 0 Å². The molecule has 1 unspecified atom stereocenters. The Bertz CT molecular complexity index is 356. The lowest BCUT2D eigenvalue weighted by Crippen LogP contribution is -2.38. The summed E-state index contributed by atoms with van der Waals surface area (Å²) < 4.78 is 16.9. The SMILES string of the molecule is CCOC(=O)C(C)(C)C(=O)CS(=O)CC1CCCC1. The maximum absolute atomic E-state index is 12.1. The normalized spacial score (nSPS) is 18.3. The van der Waals surface area contributed by atoms with Gasteiger partial charge in [-0.05, 0) is 39.5 Å². The molecule has 0 amide bonds. The van der Waals surface area contributed by atoms with Crippen molar-refractivity contribution in [3.63, 3.8) is 0 Å². The minimum Gasteiger partial charge on any atom is -0.465 e. The van der Waals surface area contributed by atoms with Gasteiger partial charge in [-0.15, -0.1) is 0 Å². The Labute approximate surface area is 117 Å². The zero-order valence-electron chi connectivity index (χ0n) is 12.1. The molecule has 1 aliphatic rings. The largest absolute Gasteiger partial charge is 0.465 e. The number of ketones is 1. The molecule has 0 heterocycles. The van der Waals surface area contributed by atoms with Gasteiger partial charge < -0.3 is 4.74 Å². The van der Waals surface area contributed by atoms with Crippen molar-refractivity contribution in [3.8, 4) is 0 Å². The Morgan fingerprint density at radius 3 is 2.37 bits per heavy atom. The lowest BCUT2D eigenvalue weighted by atomic mass is 9.89. The standard InChI is InChI=1S/C14H24O4S/c1-4-18-13(16)14(2,3)12(15)10-19(17)9-11-7-5-6-8-11/h11H,4-10H2,1-3H3. The average molecular weight is 288 g/mol. The Morgan fingerprint density at radius 2 is 1.84 bits per heavy atom. The summed E-state index contributed by atoms with van der Waals surface area (Å²) in [6.45, 7) is 5.04. The lowest BCUT2D eigenvalue weighted by Gasteiger charge is -2.20. The van der Waals surface area contributed by atoms with E-state index >= 15 is 0 Å². The molecule has 0 aromatic rings. The van der Waals surface area contributed by atoms with Crippen molar-refractivity contribution in [2.75, 3.05) is 18.1 Å². The Kier molecular flexibility index (Phi) is 6.17. The van der Waals surface area contributed by atoms with Crippen LogP contribution in [0.3, 0.4) is 0 Å². The Balaban J connectivity index is 2.48. The molecule has 19 heavy (non-hydrogen) atoms. The molecule has 0 aliphatic heterocycles. The van der Waals surface area contributed by atoms with E-state index in [4.69, 9.17) is 4.74 Å². The van der Waals surface area contributed by atoms with Crippen molar-refractivity contribution >= 4 is 22.6 Å². The van der Waals surface area contributed by atoms with Crippen LogP contribution in [0, 0.1) is 11.3 Å². The highest BCUT2D eigenvalue weighted by Crippen LogP contribution is 2.26. The van der Waals surface area contributed by atoms with E-state index in [0.29, 0.717) is 11.7 Å². The zero-order valence-corrected chi connectivity index (χ0v) is 12.9. The van der Waals surface area contributed by atoms with Crippen LogP contribution in [0.4, 0.5) is 0 Å². The fraction of sp³-hybridized carbons (Fsp3) is 0.857. The van der Waals surface area contributed by atoms with Crippen molar-refractivity contribution in [2.24, 2.45) is 11.3 Å². The van der Waals surface area contributed by atoms with Gasteiger partial charge in [0.1, 0.15) is 5.41 Å². The summed E-state index contributed by atoms with van der Waals surface area (Å²) in [5.74, 6) is 0.215. The number of Topliss-reactive ketones (excluding diaryl/α,β-unsaturated/α-hetero) is 1. The third-order valence-corrected chi connectivity index (χ3v) is 5.10. The molecular formula is C14H24O4S. The van der Waals surface area contributed by atoms with Gasteiger partial charge in [0, 0.05) is 16.6 Å². The fourth-order valence-electron chi connectivity index (χ4n) is 2.25. The second-order valence-electron chi connectivity index (χ2n) is 5.67. The van der Waals surface area contributed by atoms with Crippen LogP contribution < -0.4 is 0 Å². The predicted octanol–water partition coefficient (Wildman–Crippen LogP) is 2.08. The molecule has 0 N–H and O–H groups in total. The lowest BCUT2D eigenvalue weighted by molar-refractivity contribution is -0.157. The zero-order chi connectivity index (χ0) is 14.5. The summed E-state index contributed by atoms with van der Waals surface area (Å²) in [6, 6.07) is 0. The molecule has 1 fully saturated rings. The second-order valence-corrected chi connectivity index (χ2v) is 7.17. The molecule has 1 atom stereocenters. The highest BCUT2D eigenvalue weighted by atomic mass is 32.2. The van der Waals surface area contributed by atoms with Crippen LogP contribution in [0.2, 0.25) is 0 Å². The second kappa shape index (κ2) is 7.17. The van der Waals surface area contributed by atoms with Crippen LogP contribution in [0.1, 0.15) is 46.5 Å². The summed E-state index contributed by atoms with van der Waals surface area (Å²) in [5, 5.41) is 0. The van der Waals surface area contributed by atoms with E-state index in [1.165, 1.54) is 12.8 Å². The van der Waals surface area contributed by atoms with Crippen LogP contribution >= 0.6 is 0 Å². The maximum atomic E-state index is 12.1. The third kappa shape index (κ3) is 4.71. The minimum absolute atomic E-state index is 0.0394. The monoisotopic (exact) mass is 288 g/mol. The van der Waals surface area contributed by atoms with Crippen LogP contribution in [-0.4, -0.2) is 34.1 Å². The van der Waals surface area contributed by atoms with Crippen molar-refractivity contribution in [1.29, 1.82) is 0 Å². The number of rotatable bonds is 7. The van der Waals surface area contributed by atoms with E-state index in [0.717, 1.165) is 12.8 Å². The molecular weight excluding hydrogens is 264 g/mol. The number of carbonyl (C=O) groups is 2. The van der Waals surface area contributed by atoms with E-state index < -0.39 is 22.2 Å². The number of ether oxygens (including phenoxy) is 1. The van der Waals surface area contributed by atoms with Crippen LogP contribution in [-0.2, 0) is 25.1 Å². The highest BCUT2D eigenvalue weighted by molar-refractivity contribution is 7.85. The summed E-state index contributed by atoms with van der Waals surface area (Å²) >= 11 is 0.